The molecule has 1 heterocycles. The van der Waals surface area contributed by atoms with Gasteiger partial charge in [-0.15, -0.1) is 0 Å². The number of aryl methyl sites for hydroxylation is 1. The molecule has 1 N–H and O–H groups in total. The molecule has 54 valence electrons. The van der Waals surface area contributed by atoms with Crippen molar-refractivity contribution in [2.45, 2.75) is 13.3 Å². The summed E-state index contributed by atoms with van der Waals surface area (Å²) >= 11 is 0.430. The van der Waals surface area contributed by atoms with E-state index in [9.17, 15) is 0 Å². The van der Waals surface area contributed by atoms with Crippen LogP contribution in [0.4, 0.5) is 0 Å². The van der Waals surface area contributed by atoms with Crippen LogP contribution in [0.15, 0.2) is 4.94 Å². The van der Waals surface area contributed by atoms with Crippen molar-refractivity contribution in [2.24, 2.45) is 0 Å². The zero-order chi connectivity index (χ0) is 6.69. The quantitative estimate of drug-likeness (QED) is 0.497. The Morgan fingerprint density at radius 2 is 2.50 bits per heavy atom. The van der Waals surface area contributed by atoms with Gasteiger partial charge in [-0.2, -0.15) is 0 Å². The van der Waals surface area contributed by atoms with E-state index < -0.39 is 0 Å². The predicted molar refractivity (Wildman–Crippen MR) is 34.0 cm³/mol. The van der Waals surface area contributed by atoms with Crippen LogP contribution in [0.3, 0.4) is 0 Å². The SMILES string of the molecule is Cc1c[se]c(CC#N)[nH+]1.[Br-]. The minimum absolute atomic E-state index is 0. The summed E-state index contributed by atoms with van der Waals surface area (Å²) in [5.41, 5.74) is 1.19. The van der Waals surface area contributed by atoms with Crippen LogP contribution in [0, 0.1) is 18.3 Å². The summed E-state index contributed by atoms with van der Waals surface area (Å²) in [5, 5.41) is 8.29. The van der Waals surface area contributed by atoms with Crippen LogP contribution in [-0.4, -0.2) is 14.5 Å². The van der Waals surface area contributed by atoms with Gasteiger partial charge in [0.2, 0.25) is 0 Å². The van der Waals surface area contributed by atoms with Crippen molar-refractivity contribution in [2.75, 3.05) is 0 Å². The van der Waals surface area contributed by atoms with E-state index in [4.69, 9.17) is 5.26 Å². The Hall–Kier alpha value is -0.101. The maximum atomic E-state index is 8.29. The number of aromatic amines is 1. The smallest absolute Gasteiger partial charge is 1.00 e. The zero-order valence-corrected chi connectivity index (χ0v) is 8.82. The number of rotatable bonds is 1. The number of nitriles is 1. The molecule has 0 amide bonds. The van der Waals surface area contributed by atoms with Gasteiger partial charge < -0.3 is 17.0 Å². The molecule has 4 heteroatoms. The summed E-state index contributed by atoms with van der Waals surface area (Å²) in [4.78, 5) is 5.29. The van der Waals surface area contributed by atoms with Gasteiger partial charge in [-0.3, -0.25) is 0 Å². The van der Waals surface area contributed by atoms with Crippen molar-refractivity contribution in [3.05, 3.63) is 15.2 Å². The Bertz CT molecular complexity index is 238. The summed E-state index contributed by atoms with van der Waals surface area (Å²) in [5.74, 6) is 0. The Balaban J connectivity index is 0.000000810. The Labute approximate surface area is 76.4 Å². The van der Waals surface area contributed by atoms with E-state index in [1.54, 1.807) is 0 Å². The van der Waals surface area contributed by atoms with Crippen molar-refractivity contribution >= 4 is 14.5 Å². The third-order valence-corrected chi connectivity index (χ3v) is 3.06. The molecule has 0 saturated carbocycles. The van der Waals surface area contributed by atoms with Gasteiger partial charge in [0, 0.05) is 0 Å². The minimum Gasteiger partial charge on any atom is -1.00 e. The zero-order valence-electron chi connectivity index (χ0n) is 5.52. The Morgan fingerprint density at radius 3 is 2.90 bits per heavy atom. The fourth-order valence-electron chi connectivity index (χ4n) is 0.596. The van der Waals surface area contributed by atoms with E-state index in [0.717, 1.165) is 0 Å². The first-order chi connectivity index (χ1) is 4.33. The number of nitrogens with one attached hydrogen (secondary N) is 1. The van der Waals surface area contributed by atoms with Crippen molar-refractivity contribution in [1.29, 1.82) is 5.26 Å². The van der Waals surface area contributed by atoms with Crippen LogP contribution < -0.4 is 22.0 Å². The molecule has 1 aromatic heterocycles. The number of hydrogen-bond acceptors (Lipinski definition) is 1. The van der Waals surface area contributed by atoms with Crippen molar-refractivity contribution in [3.8, 4) is 6.07 Å². The van der Waals surface area contributed by atoms with Crippen LogP contribution >= 0.6 is 0 Å². The van der Waals surface area contributed by atoms with Crippen molar-refractivity contribution < 1.29 is 22.0 Å². The van der Waals surface area contributed by atoms with E-state index in [2.05, 4.69) is 16.0 Å². The van der Waals surface area contributed by atoms with E-state index in [1.807, 2.05) is 6.92 Å². The molecule has 0 aliphatic rings. The van der Waals surface area contributed by atoms with Crippen molar-refractivity contribution in [3.63, 3.8) is 0 Å². The van der Waals surface area contributed by atoms with Gasteiger partial charge in [-0.25, -0.2) is 0 Å². The largest absolute Gasteiger partial charge is 1.00 e. The first-order valence-corrected chi connectivity index (χ1v) is 4.50. The number of aromatic nitrogens is 1. The molecule has 0 radical (unpaired) electrons. The first kappa shape index (κ1) is 9.90. The number of halogens is 1. The maximum Gasteiger partial charge on any atom is -1.00 e. The number of hydrogen-bond donors (Lipinski definition) is 0. The van der Waals surface area contributed by atoms with E-state index >= 15 is 0 Å². The molecule has 10 heavy (non-hydrogen) atoms. The summed E-state index contributed by atoms with van der Waals surface area (Å²) in [6.45, 7) is 2.02. The molecule has 1 rings (SSSR count). The standard InChI is InChI=1S/C6H6N2Se.BrH/c1-5-4-9-6(8-5)2-3-7;/h4H,2H2,1H3;1H. The third-order valence-electron chi connectivity index (χ3n) is 0.954. The Morgan fingerprint density at radius 1 is 1.80 bits per heavy atom. The minimum atomic E-state index is 0. The number of H-pyrrole nitrogens is 1. The van der Waals surface area contributed by atoms with E-state index in [-0.39, 0.29) is 17.0 Å². The molecule has 0 atom stereocenters. The molecular weight excluding hydrogens is 259 g/mol. The topological polar surface area (TPSA) is 37.9 Å². The second-order valence-corrected chi connectivity index (χ2v) is 3.82. The van der Waals surface area contributed by atoms with Gasteiger partial charge in [0.15, 0.2) is 0 Å². The second kappa shape index (κ2) is 4.67. The molecular formula is C6H7BrN2Se. The summed E-state index contributed by atoms with van der Waals surface area (Å²) in [7, 11) is 0. The van der Waals surface area contributed by atoms with Gasteiger partial charge in [0.25, 0.3) is 0 Å². The fourth-order valence-corrected chi connectivity index (χ4v) is 2.16. The monoisotopic (exact) mass is 266 g/mol. The summed E-state index contributed by atoms with van der Waals surface area (Å²) < 4.78 is 1.18. The van der Waals surface area contributed by atoms with Crippen molar-refractivity contribution in [1.82, 2.24) is 0 Å². The molecule has 0 aliphatic carbocycles. The van der Waals surface area contributed by atoms with Gasteiger partial charge >= 0.3 is 59.4 Å². The molecule has 0 spiro atoms. The molecule has 0 fully saturated rings. The normalized spacial score (nSPS) is 8.00. The maximum absolute atomic E-state index is 8.29. The van der Waals surface area contributed by atoms with Crippen LogP contribution in [0.1, 0.15) is 10.3 Å². The molecule has 0 saturated heterocycles. The van der Waals surface area contributed by atoms with E-state index in [1.165, 1.54) is 10.3 Å². The van der Waals surface area contributed by atoms with Crippen LogP contribution in [0.5, 0.6) is 0 Å². The molecule has 0 unspecified atom stereocenters. The van der Waals surface area contributed by atoms with Crippen LogP contribution in [0.25, 0.3) is 0 Å². The Kier molecular flexibility index (Phi) is 4.63. The average Bonchev–Trinajstić information content (AvgIpc) is 2.17. The average molecular weight is 266 g/mol. The van der Waals surface area contributed by atoms with Crippen LogP contribution in [-0.2, 0) is 6.42 Å². The number of nitrogens with zero attached hydrogens (tertiary/aromatic N) is 1. The van der Waals surface area contributed by atoms with Gasteiger partial charge in [0.1, 0.15) is 0 Å². The molecule has 1 aromatic rings. The third kappa shape index (κ3) is 2.66. The van der Waals surface area contributed by atoms with E-state index in [0.29, 0.717) is 20.9 Å². The molecule has 2 nitrogen and oxygen atoms in total. The van der Waals surface area contributed by atoms with Gasteiger partial charge in [0.05, 0.1) is 0 Å². The first-order valence-electron chi connectivity index (χ1n) is 2.66. The fraction of sp³-hybridized carbons (Fsp3) is 0.333. The molecule has 0 aromatic carbocycles. The van der Waals surface area contributed by atoms with Gasteiger partial charge in [-0.1, -0.05) is 0 Å². The summed E-state index contributed by atoms with van der Waals surface area (Å²) in [6.07, 6.45) is 0.563. The summed E-state index contributed by atoms with van der Waals surface area (Å²) in [6, 6.07) is 2.11. The molecule has 0 aliphatic heterocycles. The molecule has 0 bridgehead atoms. The van der Waals surface area contributed by atoms with Crippen LogP contribution in [0.2, 0.25) is 0 Å². The second-order valence-electron chi connectivity index (χ2n) is 1.80. The predicted octanol–water partition coefficient (Wildman–Crippen LogP) is -3.06. The van der Waals surface area contributed by atoms with Gasteiger partial charge in [-0.05, 0) is 0 Å².